The second-order valence-corrected chi connectivity index (χ2v) is 7.60. The highest BCUT2D eigenvalue weighted by Crippen LogP contribution is 2.34. The Morgan fingerprint density at radius 2 is 2.36 bits per heavy atom. The number of benzene rings is 1. The van der Waals surface area contributed by atoms with Crippen LogP contribution in [0.1, 0.15) is 42.8 Å². The monoisotopic (exact) mass is 404 g/mol. The fraction of sp³-hybridized carbons (Fsp3) is 0.444. The highest BCUT2D eigenvalue weighted by Gasteiger charge is 2.33. The van der Waals surface area contributed by atoms with E-state index in [9.17, 15) is 4.79 Å². The van der Waals surface area contributed by atoms with Crippen molar-refractivity contribution in [1.29, 1.82) is 0 Å². The van der Waals surface area contributed by atoms with Crippen molar-refractivity contribution in [2.75, 3.05) is 11.9 Å². The molecular formula is C18H21BrN4O2. The Morgan fingerprint density at radius 3 is 3.12 bits per heavy atom. The number of rotatable bonds is 2. The van der Waals surface area contributed by atoms with Crippen molar-refractivity contribution < 1.29 is 9.53 Å². The van der Waals surface area contributed by atoms with E-state index >= 15 is 0 Å². The molecule has 0 bridgehead atoms. The fourth-order valence-electron chi connectivity index (χ4n) is 3.59. The van der Waals surface area contributed by atoms with E-state index in [0.717, 1.165) is 53.0 Å². The molecule has 0 radical (unpaired) electrons. The first-order valence-electron chi connectivity index (χ1n) is 8.62. The molecule has 0 saturated carbocycles. The molecule has 2 unspecified atom stereocenters. The molecule has 2 amide bonds. The Labute approximate surface area is 155 Å². The smallest absolute Gasteiger partial charge is 0.322 e. The van der Waals surface area contributed by atoms with E-state index in [4.69, 9.17) is 4.74 Å². The first kappa shape index (κ1) is 16.6. The highest BCUT2D eigenvalue weighted by atomic mass is 79.9. The van der Waals surface area contributed by atoms with Gasteiger partial charge in [-0.05, 0) is 38.0 Å². The lowest BCUT2D eigenvalue weighted by molar-refractivity contribution is 0.106. The lowest BCUT2D eigenvalue weighted by Crippen LogP contribution is -2.45. The van der Waals surface area contributed by atoms with E-state index in [0.29, 0.717) is 6.54 Å². The van der Waals surface area contributed by atoms with Gasteiger partial charge in [0.1, 0.15) is 6.10 Å². The maximum absolute atomic E-state index is 12.8. The molecule has 6 nitrogen and oxygen atoms in total. The molecule has 2 N–H and O–H groups in total. The number of H-pyrrole nitrogens is 1. The molecule has 25 heavy (non-hydrogen) atoms. The van der Waals surface area contributed by atoms with Crippen molar-refractivity contribution in [1.82, 2.24) is 15.1 Å². The average Bonchev–Trinajstić information content (AvgIpc) is 3.22. The van der Waals surface area contributed by atoms with Crippen LogP contribution in [0.25, 0.3) is 0 Å². The van der Waals surface area contributed by atoms with Crippen molar-refractivity contribution in [3.63, 3.8) is 0 Å². The van der Waals surface area contributed by atoms with E-state index in [1.54, 1.807) is 0 Å². The van der Waals surface area contributed by atoms with Gasteiger partial charge in [0.2, 0.25) is 0 Å². The maximum atomic E-state index is 12.8. The second-order valence-electron chi connectivity index (χ2n) is 6.69. The summed E-state index contributed by atoms with van der Waals surface area (Å²) >= 11 is 3.43. The van der Waals surface area contributed by atoms with Crippen LogP contribution in [0.5, 0.6) is 0 Å². The minimum Gasteiger partial charge on any atom is -0.372 e. The molecule has 4 rings (SSSR count). The summed E-state index contributed by atoms with van der Waals surface area (Å²) in [5, 5.41) is 10.6. The van der Waals surface area contributed by atoms with Crippen LogP contribution in [-0.2, 0) is 17.7 Å². The van der Waals surface area contributed by atoms with E-state index in [-0.39, 0.29) is 18.2 Å². The molecular weight excluding hydrogens is 384 g/mol. The van der Waals surface area contributed by atoms with Crippen molar-refractivity contribution in [3.8, 4) is 0 Å². The quantitative estimate of drug-likeness (QED) is 0.794. The molecule has 132 valence electrons. The van der Waals surface area contributed by atoms with Crippen LogP contribution in [0.15, 0.2) is 28.7 Å². The van der Waals surface area contributed by atoms with E-state index in [2.05, 4.69) is 38.4 Å². The molecule has 2 aliphatic heterocycles. The molecule has 2 atom stereocenters. The zero-order valence-corrected chi connectivity index (χ0v) is 15.7. The molecule has 2 aromatic rings. The number of nitrogens with one attached hydrogen (secondary N) is 2. The summed E-state index contributed by atoms with van der Waals surface area (Å²) in [4.78, 5) is 14.7. The van der Waals surface area contributed by atoms with Gasteiger partial charge in [0.15, 0.2) is 0 Å². The van der Waals surface area contributed by atoms with Gasteiger partial charge in [0, 0.05) is 40.5 Å². The molecule has 0 spiro atoms. The third kappa shape index (κ3) is 3.30. The first-order valence-corrected chi connectivity index (χ1v) is 9.42. The van der Waals surface area contributed by atoms with E-state index in [1.807, 2.05) is 29.2 Å². The van der Waals surface area contributed by atoms with Crippen molar-refractivity contribution in [2.45, 2.75) is 44.9 Å². The predicted octanol–water partition coefficient (Wildman–Crippen LogP) is 4.00. The van der Waals surface area contributed by atoms with Crippen LogP contribution in [0.4, 0.5) is 10.5 Å². The van der Waals surface area contributed by atoms with Crippen LogP contribution in [-0.4, -0.2) is 33.8 Å². The Hall–Kier alpha value is -1.86. The second kappa shape index (κ2) is 6.80. The van der Waals surface area contributed by atoms with Crippen LogP contribution in [0.3, 0.4) is 0 Å². The lowest BCUT2D eigenvalue weighted by Gasteiger charge is -2.33. The molecule has 1 fully saturated rings. The van der Waals surface area contributed by atoms with E-state index < -0.39 is 0 Å². The standard InChI is InChI=1S/C18H21BrN4O2/c1-11-8-15-14(17(22-21-15)16-6-3-7-25-16)10-23(11)18(24)20-13-5-2-4-12(19)9-13/h2,4-5,9,11,16H,3,6-8,10H2,1H3,(H,20,24)(H,21,22). The minimum absolute atomic E-state index is 0.0587. The summed E-state index contributed by atoms with van der Waals surface area (Å²) in [6.45, 7) is 3.41. The summed E-state index contributed by atoms with van der Waals surface area (Å²) in [6.07, 6.45) is 2.90. The summed E-state index contributed by atoms with van der Waals surface area (Å²) in [5.74, 6) is 0. The van der Waals surface area contributed by atoms with Gasteiger partial charge in [-0.25, -0.2) is 4.79 Å². The van der Waals surface area contributed by atoms with E-state index in [1.165, 1.54) is 0 Å². The molecule has 1 saturated heterocycles. The van der Waals surface area contributed by atoms with Gasteiger partial charge in [-0.3, -0.25) is 5.10 Å². The van der Waals surface area contributed by atoms with Gasteiger partial charge in [0.05, 0.1) is 12.2 Å². The van der Waals surface area contributed by atoms with Crippen molar-refractivity contribution in [3.05, 3.63) is 45.7 Å². The number of ether oxygens (including phenoxy) is 1. The number of hydrogen-bond donors (Lipinski definition) is 2. The van der Waals surface area contributed by atoms with Crippen LogP contribution >= 0.6 is 15.9 Å². The van der Waals surface area contributed by atoms with Crippen LogP contribution in [0, 0.1) is 0 Å². The molecule has 1 aromatic heterocycles. The number of halogens is 1. The number of aromatic nitrogens is 2. The SMILES string of the molecule is CC1Cc2[nH]nc(C3CCCO3)c2CN1C(=O)Nc1cccc(Br)c1. The van der Waals surface area contributed by atoms with Crippen molar-refractivity contribution >= 4 is 27.6 Å². The summed E-state index contributed by atoms with van der Waals surface area (Å²) in [5.41, 5.74) is 4.00. The molecule has 2 aliphatic rings. The number of amides is 2. The molecule has 3 heterocycles. The predicted molar refractivity (Wildman–Crippen MR) is 98.4 cm³/mol. The van der Waals surface area contributed by atoms with Crippen LogP contribution in [0.2, 0.25) is 0 Å². The number of nitrogens with zero attached hydrogens (tertiary/aromatic N) is 2. The topological polar surface area (TPSA) is 70.2 Å². The number of fused-ring (bicyclic) bond motifs is 1. The summed E-state index contributed by atoms with van der Waals surface area (Å²) < 4.78 is 6.73. The number of hydrogen-bond acceptors (Lipinski definition) is 3. The van der Waals surface area contributed by atoms with Gasteiger partial charge in [0.25, 0.3) is 0 Å². The van der Waals surface area contributed by atoms with Crippen LogP contribution < -0.4 is 5.32 Å². The summed E-state index contributed by atoms with van der Waals surface area (Å²) in [7, 11) is 0. The van der Waals surface area contributed by atoms with Crippen molar-refractivity contribution in [2.24, 2.45) is 0 Å². The van der Waals surface area contributed by atoms with Gasteiger partial charge in [-0.15, -0.1) is 0 Å². The third-order valence-corrected chi connectivity index (χ3v) is 5.41. The summed E-state index contributed by atoms with van der Waals surface area (Å²) in [6, 6.07) is 7.65. The van der Waals surface area contributed by atoms with Gasteiger partial charge in [-0.2, -0.15) is 5.10 Å². The Kier molecular flexibility index (Phi) is 4.52. The molecule has 1 aromatic carbocycles. The molecule has 0 aliphatic carbocycles. The number of aromatic amines is 1. The molecule has 7 heteroatoms. The van der Waals surface area contributed by atoms with Gasteiger partial charge >= 0.3 is 6.03 Å². The minimum atomic E-state index is -0.0873. The zero-order chi connectivity index (χ0) is 17.4. The zero-order valence-electron chi connectivity index (χ0n) is 14.1. The Bertz CT molecular complexity index is 785. The normalized spacial score (nSPS) is 22.7. The first-order chi connectivity index (χ1) is 12.1. The maximum Gasteiger partial charge on any atom is 0.322 e. The average molecular weight is 405 g/mol. The third-order valence-electron chi connectivity index (χ3n) is 4.92. The number of urea groups is 1. The Morgan fingerprint density at radius 1 is 1.48 bits per heavy atom. The van der Waals surface area contributed by atoms with Gasteiger partial charge < -0.3 is 15.0 Å². The number of anilines is 1. The number of carbonyl (C=O) groups is 1. The lowest BCUT2D eigenvalue weighted by atomic mass is 9.97. The largest absolute Gasteiger partial charge is 0.372 e. The van der Waals surface area contributed by atoms with Gasteiger partial charge in [-0.1, -0.05) is 22.0 Å². The highest BCUT2D eigenvalue weighted by molar-refractivity contribution is 9.10. The number of carbonyl (C=O) groups excluding carboxylic acids is 1. The fourth-order valence-corrected chi connectivity index (χ4v) is 3.99. The Balaban J connectivity index is 1.53.